The number of aliphatic hydroxyl groups is 11. The molecule has 11 N–H and O–H groups in total. The van der Waals surface area contributed by atoms with Crippen molar-refractivity contribution in [2.75, 3.05) is 19.8 Å². The number of hydrogen-bond acceptors (Lipinski definition) is 18. The number of carbonyl (C=O) groups is 1. The average molecular weight is 633 g/mol. The van der Waals surface area contributed by atoms with Gasteiger partial charge >= 0.3 is 11.9 Å². The first-order chi connectivity index (χ1) is 20.2. The summed E-state index contributed by atoms with van der Waals surface area (Å²) >= 11 is 0. The van der Waals surface area contributed by atoms with E-state index < -0.39 is 118 Å². The van der Waals surface area contributed by atoms with Gasteiger partial charge in [0.1, 0.15) is 67.1 Å². The molecule has 0 aromatic rings. The highest BCUT2D eigenvalue weighted by Crippen LogP contribution is 2.38. The van der Waals surface area contributed by atoms with E-state index in [-0.39, 0.29) is 12.3 Å². The van der Waals surface area contributed by atoms with Gasteiger partial charge in [-0.1, -0.05) is 20.3 Å². The van der Waals surface area contributed by atoms with Crippen molar-refractivity contribution in [3.63, 3.8) is 0 Å². The molecule has 0 radical (unpaired) electrons. The van der Waals surface area contributed by atoms with E-state index >= 15 is 0 Å². The molecule has 3 saturated heterocycles. The van der Waals surface area contributed by atoms with Gasteiger partial charge in [0, 0.05) is 6.42 Å². The summed E-state index contributed by atoms with van der Waals surface area (Å²) in [7, 11) is 0. The fourth-order valence-corrected chi connectivity index (χ4v) is 5.07. The molecule has 0 saturated carbocycles. The van der Waals surface area contributed by atoms with E-state index in [1.807, 2.05) is 13.8 Å². The summed E-state index contributed by atoms with van der Waals surface area (Å²) in [6.45, 7) is 1.13. The zero-order valence-corrected chi connectivity index (χ0v) is 23.7. The van der Waals surface area contributed by atoms with Crippen LogP contribution in [-0.4, -0.2) is 174 Å². The smallest absolute Gasteiger partial charge is 0.360 e. The van der Waals surface area contributed by atoms with Crippen LogP contribution in [0.1, 0.15) is 33.1 Å². The third-order valence-corrected chi connectivity index (χ3v) is 7.58. The predicted octanol–water partition coefficient (Wildman–Crippen LogP) is -5.88. The van der Waals surface area contributed by atoms with Crippen molar-refractivity contribution in [2.24, 2.45) is 5.92 Å². The van der Waals surface area contributed by atoms with Crippen LogP contribution >= 0.6 is 0 Å². The van der Waals surface area contributed by atoms with Crippen molar-refractivity contribution in [3.8, 4) is 0 Å². The minimum absolute atomic E-state index is 0.203. The van der Waals surface area contributed by atoms with Crippen LogP contribution in [0.2, 0.25) is 0 Å². The topological polar surface area (TPSA) is 295 Å². The van der Waals surface area contributed by atoms with Gasteiger partial charge in [0.15, 0.2) is 18.7 Å². The van der Waals surface area contributed by atoms with Crippen LogP contribution < -0.4 is 0 Å². The van der Waals surface area contributed by atoms with Crippen molar-refractivity contribution in [3.05, 3.63) is 0 Å². The van der Waals surface area contributed by atoms with Crippen LogP contribution in [0.15, 0.2) is 0 Å². The van der Waals surface area contributed by atoms with E-state index in [2.05, 4.69) is 0 Å². The molecule has 15 atom stereocenters. The average Bonchev–Trinajstić information content (AvgIpc) is 2.97. The van der Waals surface area contributed by atoms with Gasteiger partial charge in [-0.05, 0) is 12.3 Å². The summed E-state index contributed by atoms with van der Waals surface area (Å²) in [5.41, 5.74) is 0. The molecule has 0 aromatic heterocycles. The lowest BCUT2D eigenvalue weighted by atomic mass is 9.95. The molecular weight excluding hydrogens is 588 g/mol. The SMILES string of the molecule is CC(C)CCCC(=O)OC1(O[C@H]2[C@H](O)[C@@H](O)C(O[C@H]3[C@H](O)[C@@H](O)[C@@H](O)O[C@@H]3CO)O[C@@H]2CO)O[C@H](CO)[C@@H](O)[C@H](O)[C@H]1O. The lowest BCUT2D eigenvalue weighted by molar-refractivity contribution is -0.473. The van der Waals surface area contributed by atoms with Gasteiger partial charge in [-0.2, -0.15) is 0 Å². The second-order valence-electron chi connectivity index (χ2n) is 11.2. The highest BCUT2D eigenvalue weighted by molar-refractivity contribution is 5.69. The largest absolute Gasteiger partial charge is 0.405 e. The Labute approximate surface area is 246 Å². The standard InChI is InChI=1S/C25H44O18/c1-9(2)4-3-5-13(29)42-25(22(36)17(33)14(30)10(6-26)41-25)43-21-12(8-28)39-24(19(35)16(21)32)40-20-11(7-27)38-23(37)18(34)15(20)31/h9-12,14-24,26-28,30-37H,3-8H2,1-2H3/t10-,11-,12-,14-,15-,16-,17+,18-,19-,20-,21-,22-,23+,24?,25?/m1/s1. The molecule has 2 unspecified atom stereocenters. The molecule has 0 spiro atoms. The lowest BCUT2D eigenvalue weighted by Crippen LogP contribution is -2.71. The maximum atomic E-state index is 12.8. The molecule has 3 heterocycles. The van der Waals surface area contributed by atoms with Gasteiger partial charge in [0.2, 0.25) is 0 Å². The molecular formula is C25H44O18. The van der Waals surface area contributed by atoms with Gasteiger partial charge < -0.3 is 84.6 Å². The molecule has 18 nitrogen and oxygen atoms in total. The molecule has 3 aliphatic rings. The van der Waals surface area contributed by atoms with Crippen LogP contribution in [0.25, 0.3) is 0 Å². The zero-order valence-electron chi connectivity index (χ0n) is 23.7. The van der Waals surface area contributed by atoms with Crippen molar-refractivity contribution in [1.82, 2.24) is 0 Å². The second-order valence-corrected chi connectivity index (χ2v) is 11.2. The molecule has 0 aliphatic carbocycles. The predicted molar refractivity (Wildman–Crippen MR) is 135 cm³/mol. The molecule has 3 aliphatic heterocycles. The highest BCUT2D eigenvalue weighted by atomic mass is 16.9. The fourth-order valence-electron chi connectivity index (χ4n) is 5.07. The molecule has 252 valence electrons. The molecule has 0 amide bonds. The first-order valence-electron chi connectivity index (χ1n) is 14.0. The van der Waals surface area contributed by atoms with Crippen LogP contribution in [0.4, 0.5) is 0 Å². The first kappa shape index (κ1) is 36.3. The van der Waals surface area contributed by atoms with E-state index in [0.717, 1.165) is 0 Å². The summed E-state index contributed by atoms with van der Waals surface area (Å²) < 4.78 is 32.4. The van der Waals surface area contributed by atoms with Gasteiger partial charge in [0.25, 0.3) is 0 Å². The van der Waals surface area contributed by atoms with Crippen molar-refractivity contribution < 1.29 is 89.4 Å². The molecule has 0 aromatic carbocycles. The monoisotopic (exact) mass is 632 g/mol. The Balaban J connectivity index is 1.86. The fraction of sp³-hybridized carbons (Fsp3) is 0.960. The number of carbonyl (C=O) groups excluding carboxylic acids is 1. The Morgan fingerprint density at radius 2 is 1.33 bits per heavy atom. The van der Waals surface area contributed by atoms with Gasteiger partial charge in [-0.25, -0.2) is 0 Å². The third-order valence-electron chi connectivity index (χ3n) is 7.58. The molecule has 3 rings (SSSR count). The van der Waals surface area contributed by atoms with Crippen molar-refractivity contribution in [2.45, 2.75) is 125 Å². The van der Waals surface area contributed by atoms with E-state index in [0.29, 0.717) is 12.8 Å². The lowest BCUT2D eigenvalue weighted by Gasteiger charge is -2.51. The Morgan fingerprint density at radius 3 is 1.91 bits per heavy atom. The maximum Gasteiger partial charge on any atom is 0.360 e. The minimum Gasteiger partial charge on any atom is -0.405 e. The Kier molecular flexibility index (Phi) is 13.0. The maximum absolute atomic E-state index is 12.8. The molecule has 3 fully saturated rings. The number of aliphatic hydroxyl groups excluding tert-OH is 11. The first-order valence-corrected chi connectivity index (χ1v) is 14.0. The van der Waals surface area contributed by atoms with Gasteiger partial charge in [0.05, 0.1) is 19.8 Å². The summed E-state index contributed by atoms with van der Waals surface area (Å²) in [6, 6.07) is 0. The van der Waals surface area contributed by atoms with E-state index in [4.69, 9.17) is 28.4 Å². The normalized spacial score (nSPS) is 45.7. The second kappa shape index (κ2) is 15.4. The number of hydrogen-bond donors (Lipinski definition) is 11. The minimum atomic E-state index is -2.98. The van der Waals surface area contributed by atoms with Crippen molar-refractivity contribution >= 4 is 5.97 Å². The molecule has 18 heteroatoms. The number of esters is 1. The van der Waals surface area contributed by atoms with E-state index in [9.17, 15) is 61.0 Å². The zero-order chi connectivity index (χ0) is 32.2. The third kappa shape index (κ3) is 7.98. The van der Waals surface area contributed by atoms with E-state index in [1.54, 1.807) is 0 Å². The Hall–Kier alpha value is -1.17. The number of ether oxygens (including phenoxy) is 6. The van der Waals surface area contributed by atoms with Crippen LogP contribution in [0.3, 0.4) is 0 Å². The van der Waals surface area contributed by atoms with Crippen molar-refractivity contribution in [1.29, 1.82) is 0 Å². The quantitative estimate of drug-likeness (QED) is 0.0705. The highest BCUT2D eigenvalue weighted by Gasteiger charge is 2.61. The summed E-state index contributed by atoms with van der Waals surface area (Å²) in [5, 5.41) is 113. The summed E-state index contributed by atoms with van der Waals surface area (Å²) in [6.07, 6.45) is -25.4. The van der Waals surface area contributed by atoms with Gasteiger partial charge in [-0.3, -0.25) is 4.79 Å². The van der Waals surface area contributed by atoms with Gasteiger partial charge in [-0.15, -0.1) is 0 Å². The van der Waals surface area contributed by atoms with E-state index in [1.165, 1.54) is 0 Å². The van der Waals surface area contributed by atoms with Crippen LogP contribution in [0.5, 0.6) is 0 Å². The van der Waals surface area contributed by atoms with Crippen LogP contribution in [-0.2, 0) is 33.2 Å². The van der Waals surface area contributed by atoms with Crippen LogP contribution in [0, 0.1) is 5.92 Å². The summed E-state index contributed by atoms with van der Waals surface area (Å²) in [4.78, 5) is 12.8. The number of rotatable bonds is 12. The Morgan fingerprint density at radius 1 is 0.744 bits per heavy atom. The Bertz CT molecular complexity index is 873. The molecule has 0 bridgehead atoms. The summed E-state index contributed by atoms with van der Waals surface area (Å²) in [5.74, 6) is -3.73. The molecule has 43 heavy (non-hydrogen) atoms.